The number of aromatic hydroxyl groups is 1. The minimum absolute atomic E-state index is 0.0471. The Morgan fingerprint density at radius 3 is 2.40 bits per heavy atom. The van der Waals surface area contributed by atoms with Gasteiger partial charge in [0.05, 0.1) is 17.7 Å². The molecule has 0 aliphatic heterocycles. The number of benzene rings is 4. The fourth-order valence-electron chi connectivity index (χ4n) is 3.43. The molecule has 0 aromatic heterocycles. The van der Waals surface area contributed by atoms with Crippen LogP contribution in [-0.4, -0.2) is 32.3 Å². The van der Waals surface area contributed by atoms with Crippen LogP contribution in [0.2, 0.25) is 0 Å². The van der Waals surface area contributed by atoms with Gasteiger partial charge in [-0.1, -0.05) is 30.3 Å². The molecule has 178 valence electrons. The summed E-state index contributed by atoms with van der Waals surface area (Å²) in [5.41, 5.74) is 3.50. The summed E-state index contributed by atoms with van der Waals surface area (Å²) in [6.45, 7) is 2.33. The SMILES string of the molecule is CCOc1ccc(S(=O)(=O)Nc2ccc(C(=O)NN=Cc3c(O)ccc4ccccc34)cc2)cc1. The molecule has 0 spiro atoms. The minimum Gasteiger partial charge on any atom is -0.507 e. The molecule has 4 aromatic rings. The maximum Gasteiger partial charge on any atom is 0.271 e. The number of nitrogens with one attached hydrogen (secondary N) is 2. The number of ether oxygens (including phenoxy) is 1. The van der Waals surface area contributed by atoms with Gasteiger partial charge in [-0.2, -0.15) is 5.10 Å². The van der Waals surface area contributed by atoms with Crippen molar-refractivity contribution in [2.45, 2.75) is 11.8 Å². The number of hydrazone groups is 1. The summed E-state index contributed by atoms with van der Waals surface area (Å²) in [7, 11) is -3.80. The molecule has 8 nitrogen and oxygen atoms in total. The Balaban J connectivity index is 1.41. The zero-order valence-corrected chi connectivity index (χ0v) is 19.6. The number of anilines is 1. The van der Waals surface area contributed by atoms with Crippen LogP contribution in [0.1, 0.15) is 22.8 Å². The molecule has 1 amide bonds. The second-order valence-electron chi connectivity index (χ2n) is 7.51. The lowest BCUT2D eigenvalue weighted by molar-refractivity contribution is 0.0955. The zero-order valence-electron chi connectivity index (χ0n) is 18.8. The lowest BCUT2D eigenvalue weighted by atomic mass is 10.0. The average Bonchev–Trinajstić information content (AvgIpc) is 2.86. The molecule has 9 heteroatoms. The van der Waals surface area contributed by atoms with Crippen LogP contribution in [0.4, 0.5) is 5.69 Å². The van der Waals surface area contributed by atoms with Crippen LogP contribution < -0.4 is 14.9 Å². The summed E-state index contributed by atoms with van der Waals surface area (Å²) in [4.78, 5) is 12.5. The summed E-state index contributed by atoms with van der Waals surface area (Å²) < 4.78 is 33.0. The Kier molecular flexibility index (Phi) is 6.98. The first-order chi connectivity index (χ1) is 16.9. The fourth-order valence-corrected chi connectivity index (χ4v) is 4.48. The number of carbonyl (C=O) groups is 1. The third kappa shape index (κ3) is 5.59. The first kappa shape index (κ1) is 23.8. The molecule has 4 rings (SSSR count). The number of amides is 1. The topological polar surface area (TPSA) is 117 Å². The maximum atomic E-state index is 12.6. The van der Waals surface area contributed by atoms with Crippen molar-refractivity contribution in [3.05, 3.63) is 96.1 Å². The van der Waals surface area contributed by atoms with E-state index < -0.39 is 15.9 Å². The Morgan fingerprint density at radius 2 is 1.69 bits per heavy atom. The van der Waals surface area contributed by atoms with Crippen molar-refractivity contribution in [1.82, 2.24) is 5.43 Å². The minimum atomic E-state index is -3.80. The highest BCUT2D eigenvalue weighted by atomic mass is 32.2. The molecule has 0 radical (unpaired) electrons. The van der Waals surface area contributed by atoms with Crippen LogP contribution in [0.5, 0.6) is 11.5 Å². The van der Waals surface area contributed by atoms with Crippen molar-refractivity contribution >= 4 is 38.6 Å². The van der Waals surface area contributed by atoms with E-state index in [0.29, 0.717) is 23.6 Å². The lowest BCUT2D eigenvalue weighted by Gasteiger charge is -2.10. The van der Waals surface area contributed by atoms with Crippen LogP contribution in [0, 0.1) is 0 Å². The van der Waals surface area contributed by atoms with Gasteiger partial charge in [0.1, 0.15) is 11.5 Å². The van der Waals surface area contributed by atoms with Gasteiger partial charge < -0.3 is 9.84 Å². The van der Waals surface area contributed by atoms with Crippen molar-refractivity contribution in [3.8, 4) is 11.5 Å². The van der Waals surface area contributed by atoms with E-state index >= 15 is 0 Å². The molecule has 3 N–H and O–H groups in total. The predicted octanol–water partition coefficient (Wildman–Crippen LogP) is 4.51. The van der Waals surface area contributed by atoms with Gasteiger partial charge in [-0.3, -0.25) is 9.52 Å². The molecular weight excluding hydrogens is 466 g/mol. The number of rotatable bonds is 8. The van der Waals surface area contributed by atoms with Crippen LogP contribution in [-0.2, 0) is 10.0 Å². The summed E-state index contributed by atoms with van der Waals surface area (Å²) >= 11 is 0. The van der Waals surface area contributed by atoms with Gasteiger partial charge in [-0.05, 0) is 72.3 Å². The van der Waals surface area contributed by atoms with Crippen molar-refractivity contribution in [2.24, 2.45) is 5.10 Å². The van der Waals surface area contributed by atoms with Gasteiger partial charge in [-0.15, -0.1) is 0 Å². The Labute approximate surface area is 202 Å². The van der Waals surface area contributed by atoms with Crippen LogP contribution in [0.15, 0.2) is 94.9 Å². The van der Waals surface area contributed by atoms with Crippen molar-refractivity contribution < 1.29 is 23.1 Å². The van der Waals surface area contributed by atoms with E-state index in [-0.39, 0.29) is 16.2 Å². The number of hydrogen-bond acceptors (Lipinski definition) is 6. The summed E-state index contributed by atoms with van der Waals surface area (Å²) in [6, 6.07) is 22.9. The zero-order chi connectivity index (χ0) is 24.8. The largest absolute Gasteiger partial charge is 0.507 e. The van der Waals surface area contributed by atoms with E-state index in [1.165, 1.54) is 42.6 Å². The van der Waals surface area contributed by atoms with Gasteiger partial charge >= 0.3 is 0 Å². The Morgan fingerprint density at radius 1 is 0.971 bits per heavy atom. The highest BCUT2D eigenvalue weighted by molar-refractivity contribution is 7.92. The second-order valence-corrected chi connectivity index (χ2v) is 9.19. The number of nitrogens with zero attached hydrogens (tertiary/aromatic N) is 1. The van der Waals surface area contributed by atoms with E-state index in [1.54, 1.807) is 24.3 Å². The number of phenols is 1. The summed E-state index contributed by atoms with van der Waals surface area (Å²) in [6.07, 6.45) is 1.38. The Hall–Kier alpha value is -4.37. The molecule has 0 fully saturated rings. The molecular formula is C26H23N3O5S. The van der Waals surface area contributed by atoms with Gasteiger partial charge in [0.2, 0.25) is 0 Å². The van der Waals surface area contributed by atoms with Gasteiger partial charge in [-0.25, -0.2) is 13.8 Å². The smallest absolute Gasteiger partial charge is 0.271 e. The number of hydrogen-bond donors (Lipinski definition) is 3. The molecule has 35 heavy (non-hydrogen) atoms. The van der Waals surface area contributed by atoms with E-state index in [2.05, 4.69) is 15.2 Å². The lowest BCUT2D eigenvalue weighted by Crippen LogP contribution is -2.18. The maximum absolute atomic E-state index is 12.6. The van der Waals surface area contributed by atoms with Crippen molar-refractivity contribution in [2.75, 3.05) is 11.3 Å². The van der Waals surface area contributed by atoms with E-state index in [4.69, 9.17) is 4.74 Å². The molecule has 0 saturated carbocycles. The number of fused-ring (bicyclic) bond motifs is 1. The monoisotopic (exact) mass is 489 g/mol. The molecule has 0 bridgehead atoms. The van der Waals surface area contributed by atoms with Gasteiger partial charge in [0, 0.05) is 16.8 Å². The normalized spacial score (nSPS) is 11.5. The molecule has 0 atom stereocenters. The van der Waals surface area contributed by atoms with Gasteiger partial charge in [0.25, 0.3) is 15.9 Å². The van der Waals surface area contributed by atoms with E-state index in [9.17, 15) is 18.3 Å². The molecule has 0 heterocycles. The second kappa shape index (κ2) is 10.3. The Bertz CT molecular complexity index is 1480. The van der Waals surface area contributed by atoms with Crippen molar-refractivity contribution in [1.29, 1.82) is 0 Å². The molecule has 0 aliphatic carbocycles. The highest BCUT2D eigenvalue weighted by Gasteiger charge is 2.15. The highest BCUT2D eigenvalue weighted by Crippen LogP contribution is 2.25. The fraction of sp³-hybridized carbons (Fsp3) is 0.0769. The third-order valence-electron chi connectivity index (χ3n) is 5.15. The predicted molar refractivity (Wildman–Crippen MR) is 136 cm³/mol. The number of phenolic OH excluding ortho intramolecular Hbond substituents is 1. The molecule has 0 saturated heterocycles. The number of carbonyl (C=O) groups excluding carboxylic acids is 1. The van der Waals surface area contributed by atoms with Crippen LogP contribution in [0.3, 0.4) is 0 Å². The van der Waals surface area contributed by atoms with E-state index in [0.717, 1.165) is 10.8 Å². The van der Waals surface area contributed by atoms with Gasteiger partial charge in [0.15, 0.2) is 0 Å². The van der Waals surface area contributed by atoms with Crippen molar-refractivity contribution in [3.63, 3.8) is 0 Å². The quantitative estimate of drug-likeness (QED) is 0.249. The molecule has 0 unspecified atom stereocenters. The summed E-state index contributed by atoms with van der Waals surface area (Å²) in [5.74, 6) is 0.146. The number of sulfonamides is 1. The standard InChI is InChI=1S/C26H23N3O5S/c1-2-34-21-12-14-22(15-13-21)35(32,33)29-20-10-7-19(8-11-20)26(31)28-27-17-24-23-6-4-3-5-18(23)9-16-25(24)30/h3-17,29-30H,2H2,1H3,(H,28,31). The molecule has 0 aliphatic rings. The van der Waals surface area contributed by atoms with Crippen LogP contribution >= 0.6 is 0 Å². The third-order valence-corrected chi connectivity index (χ3v) is 6.55. The van der Waals surface area contributed by atoms with E-state index in [1.807, 2.05) is 31.2 Å². The first-order valence-electron chi connectivity index (χ1n) is 10.8. The summed E-state index contributed by atoms with van der Waals surface area (Å²) in [5, 5.41) is 15.9. The molecule has 4 aromatic carbocycles. The van der Waals surface area contributed by atoms with Crippen LogP contribution in [0.25, 0.3) is 10.8 Å². The average molecular weight is 490 g/mol. The first-order valence-corrected chi connectivity index (χ1v) is 12.3.